The summed E-state index contributed by atoms with van der Waals surface area (Å²) >= 11 is -0.472. The molecule has 180 valence electrons. The Hall–Kier alpha value is -0.992. The molecule has 4 rings (SSSR count). The van der Waals surface area contributed by atoms with Crippen LogP contribution in [0.4, 0.5) is 0 Å². The van der Waals surface area contributed by atoms with Gasteiger partial charge in [-0.25, -0.2) is 0 Å². The zero-order valence-electron chi connectivity index (χ0n) is 19.2. The number of hydrogen-bond acceptors (Lipinski definition) is 0. The van der Waals surface area contributed by atoms with E-state index in [1.807, 2.05) is 0 Å². The van der Waals surface area contributed by atoms with Crippen molar-refractivity contribution in [1.82, 2.24) is 0 Å². The number of rotatable bonds is 10. The van der Waals surface area contributed by atoms with Crippen molar-refractivity contribution in [2.45, 2.75) is 19.3 Å². The van der Waals surface area contributed by atoms with E-state index in [4.69, 9.17) is 18.8 Å². The van der Waals surface area contributed by atoms with Gasteiger partial charge < -0.3 is 0 Å². The fraction of sp³-hybridized carbons (Fsp3) is 0.172. The van der Waals surface area contributed by atoms with Crippen LogP contribution in [0.15, 0.2) is 121 Å². The smallest absolute Gasteiger partial charge is 0.0620 e. The molecule has 0 unspecified atom stereocenters. The predicted octanol–water partition coefficient (Wildman–Crippen LogP) is 7.26. The van der Waals surface area contributed by atoms with Crippen LogP contribution < -0.4 is 21.2 Å². The van der Waals surface area contributed by atoms with Crippen LogP contribution in [-0.4, -0.2) is 12.3 Å². The molecule has 0 aliphatic heterocycles. The third-order valence-electron chi connectivity index (χ3n) is 5.84. The maximum absolute atomic E-state index is 4.88. The molecule has 0 amide bonds. The summed E-state index contributed by atoms with van der Waals surface area (Å²) in [6, 6.07) is 44.7. The van der Waals surface area contributed by atoms with Crippen molar-refractivity contribution in [3.63, 3.8) is 0 Å². The van der Waals surface area contributed by atoms with E-state index in [0.717, 1.165) is 0 Å². The van der Waals surface area contributed by atoms with Gasteiger partial charge in [0.1, 0.15) is 0 Å². The predicted molar refractivity (Wildman–Crippen MR) is 156 cm³/mol. The molecular formula is C29H32Cl2P2Pt+2. The van der Waals surface area contributed by atoms with Crippen molar-refractivity contribution in [1.29, 1.82) is 0 Å². The SMILES string of the molecule is [Cl][Pt][Cl].c1ccc([PH+](CCCCC[PH+](c2ccccc2)c2ccccc2)c2ccccc2)cc1. The minimum Gasteiger partial charge on any atom is -0.0620 e. The van der Waals surface area contributed by atoms with E-state index in [0.29, 0.717) is 0 Å². The van der Waals surface area contributed by atoms with Gasteiger partial charge in [-0.15, -0.1) is 0 Å². The van der Waals surface area contributed by atoms with E-state index in [9.17, 15) is 0 Å². The number of unbranched alkanes of at least 4 members (excludes halogenated alkanes) is 2. The molecule has 0 atom stereocenters. The summed E-state index contributed by atoms with van der Waals surface area (Å²) in [6.45, 7) is 0. The van der Waals surface area contributed by atoms with E-state index in [2.05, 4.69) is 121 Å². The van der Waals surface area contributed by atoms with Gasteiger partial charge in [0.2, 0.25) is 0 Å². The van der Waals surface area contributed by atoms with Crippen LogP contribution in [0.1, 0.15) is 19.3 Å². The molecule has 4 aromatic rings. The van der Waals surface area contributed by atoms with Crippen molar-refractivity contribution in [3.05, 3.63) is 121 Å². The largest absolute Gasteiger partial charge is 0.0966 e. The summed E-state index contributed by atoms with van der Waals surface area (Å²) < 4.78 is 0. The second kappa shape index (κ2) is 16.6. The average Bonchev–Trinajstić information content (AvgIpc) is 2.91. The Kier molecular flexibility index (Phi) is 13.5. The standard InChI is InChI=1S/C29H30P2.2ClH.Pt/c1-6-16-26(17-7-1)30(27-18-8-2-9-19-27)24-14-5-15-25-31(28-20-10-3-11-21-28)29-22-12-4-13-23-29;;;/h1-4,6-13,16-23H,5,14-15,24-25H2;2*1H;/q;;;+2. The molecule has 34 heavy (non-hydrogen) atoms. The topological polar surface area (TPSA) is 0 Å². The third-order valence-corrected chi connectivity index (χ3v) is 11.7. The molecule has 0 spiro atoms. The fourth-order valence-electron chi connectivity index (χ4n) is 4.25. The Morgan fingerprint density at radius 3 is 0.882 bits per heavy atom. The molecule has 0 heterocycles. The Balaban J connectivity index is 0.00000103. The van der Waals surface area contributed by atoms with Crippen molar-refractivity contribution in [2.75, 3.05) is 12.3 Å². The van der Waals surface area contributed by atoms with Crippen molar-refractivity contribution < 1.29 is 16.5 Å². The molecule has 0 fully saturated rings. The van der Waals surface area contributed by atoms with Crippen LogP contribution in [0.25, 0.3) is 0 Å². The maximum atomic E-state index is 4.88. The van der Waals surface area contributed by atoms with Gasteiger partial charge in [-0.05, 0) is 67.8 Å². The Bertz CT molecular complexity index is 871. The fourth-order valence-corrected chi connectivity index (χ4v) is 9.66. The monoisotopic (exact) mass is 707 g/mol. The Morgan fingerprint density at radius 1 is 0.412 bits per heavy atom. The molecule has 0 bridgehead atoms. The van der Waals surface area contributed by atoms with Crippen molar-refractivity contribution >= 4 is 55.9 Å². The minimum absolute atomic E-state index is 0.472. The van der Waals surface area contributed by atoms with Gasteiger partial charge in [0.05, 0.1) is 49.4 Å². The van der Waals surface area contributed by atoms with Crippen LogP contribution in [0.3, 0.4) is 0 Å². The molecule has 5 heteroatoms. The van der Waals surface area contributed by atoms with Gasteiger partial charge in [-0.3, -0.25) is 0 Å². The average molecular weight is 709 g/mol. The summed E-state index contributed by atoms with van der Waals surface area (Å²) in [7, 11) is 8.36. The zero-order chi connectivity index (χ0) is 23.8. The number of halogens is 2. The third kappa shape index (κ3) is 9.23. The molecule has 0 saturated heterocycles. The van der Waals surface area contributed by atoms with Gasteiger partial charge >= 0.3 is 35.3 Å². The van der Waals surface area contributed by atoms with Gasteiger partial charge in [0, 0.05) is 0 Å². The molecule has 0 N–H and O–H groups in total. The number of benzene rings is 4. The molecule has 0 aliphatic carbocycles. The maximum Gasteiger partial charge on any atom is 0.0966 e. The Labute approximate surface area is 224 Å². The molecular weight excluding hydrogens is 676 g/mol. The van der Waals surface area contributed by atoms with Crippen molar-refractivity contribution in [3.8, 4) is 0 Å². The molecule has 0 radical (unpaired) electrons. The van der Waals surface area contributed by atoms with Crippen molar-refractivity contribution in [2.24, 2.45) is 0 Å². The van der Waals surface area contributed by atoms with E-state index in [-0.39, 0.29) is 0 Å². The van der Waals surface area contributed by atoms with Crippen LogP contribution in [0.2, 0.25) is 0 Å². The molecule has 0 nitrogen and oxygen atoms in total. The zero-order valence-corrected chi connectivity index (χ0v) is 24.9. The summed E-state index contributed by atoms with van der Waals surface area (Å²) in [6.07, 6.45) is 6.59. The summed E-state index contributed by atoms with van der Waals surface area (Å²) in [4.78, 5) is 0. The molecule has 0 saturated carbocycles. The van der Waals surface area contributed by atoms with E-state index in [1.54, 1.807) is 0 Å². The second-order valence-electron chi connectivity index (χ2n) is 8.03. The Morgan fingerprint density at radius 2 is 0.647 bits per heavy atom. The first-order valence-corrected chi connectivity index (χ1v) is 20.6. The molecule has 0 aromatic heterocycles. The first-order chi connectivity index (χ1) is 16.8. The minimum atomic E-state index is -0.695. The van der Waals surface area contributed by atoms with E-state index < -0.39 is 32.3 Å². The van der Waals surface area contributed by atoms with Crippen LogP contribution >= 0.6 is 34.7 Å². The van der Waals surface area contributed by atoms with Gasteiger partial charge in [-0.2, -0.15) is 0 Å². The van der Waals surface area contributed by atoms with Crippen LogP contribution in [0.5, 0.6) is 0 Å². The first-order valence-electron chi connectivity index (χ1n) is 11.6. The molecule has 4 aromatic carbocycles. The van der Waals surface area contributed by atoms with E-state index >= 15 is 0 Å². The first kappa shape index (κ1) is 27.6. The quantitative estimate of drug-likeness (QED) is 0.120. The molecule has 0 aliphatic rings. The van der Waals surface area contributed by atoms with Gasteiger partial charge in [0.25, 0.3) is 0 Å². The normalized spacial score (nSPS) is 10.8. The van der Waals surface area contributed by atoms with Crippen LogP contribution in [-0.2, 0) is 16.5 Å². The van der Waals surface area contributed by atoms with Gasteiger partial charge in [-0.1, -0.05) is 72.8 Å². The van der Waals surface area contributed by atoms with E-state index in [1.165, 1.54) is 52.8 Å². The summed E-state index contributed by atoms with van der Waals surface area (Å²) in [5, 5.41) is 6.16. The summed E-state index contributed by atoms with van der Waals surface area (Å²) in [5.41, 5.74) is 0. The van der Waals surface area contributed by atoms with Crippen LogP contribution in [0, 0.1) is 0 Å². The number of hydrogen-bond donors (Lipinski definition) is 0. The summed E-state index contributed by atoms with van der Waals surface area (Å²) in [5.74, 6) is 0. The van der Waals surface area contributed by atoms with Gasteiger partial charge in [0.15, 0.2) is 0 Å². The second-order valence-corrected chi connectivity index (χ2v) is 16.5.